The molecular weight excluding hydrogens is 358 g/mol. The number of hydrogen-bond acceptors (Lipinski definition) is 5. The minimum Gasteiger partial charge on any atom is -0.462 e. The Morgan fingerprint density at radius 1 is 1.00 bits per heavy atom. The van der Waals surface area contributed by atoms with E-state index in [1.165, 1.54) is 18.2 Å². The van der Waals surface area contributed by atoms with Gasteiger partial charge in [0, 0.05) is 5.69 Å². The van der Waals surface area contributed by atoms with E-state index in [0.29, 0.717) is 11.3 Å². The van der Waals surface area contributed by atoms with Crippen molar-refractivity contribution >= 4 is 35.1 Å². The maximum Gasteiger partial charge on any atom is 0.339 e. The van der Waals surface area contributed by atoms with Gasteiger partial charge in [-0.1, -0.05) is 29.3 Å². The lowest BCUT2D eigenvalue weighted by Crippen LogP contribution is -2.21. The third kappa shape index (κ3) is 5.32. The summed E-state index contributed by atoms with van der Waals surface area (Å²) < 4.78 is 9.87. The van der Waals surface area contributed by atoms with Gasteiger partial charge in [0.15, 0.2) is 6.61 Å². The predicted octanol–water partition coefficient (Wildman–Crippen LogP) is 3.62. The summed E-state index contributed by atoms with van der Waals surface area (Å²) in [6, 6.07) is 11.2. The van der Waals surface area contributed by atoms with Crippen LogP contribution in [0.5, 0.6) is 0 Å². The molecule has 0 fully saturated rings. The summed E-state index contributed by atoms with van der Waals surface area (Å²) in [5.74, 6) is -1.72. The van der Waals surface area contributed by atoms with E-state index in [1.807, 2.05) is 6.92 Å². The van der Waals surface area contributed by atoms with E-state index in [-0.39, 0.29) is 17.2 Å². The average Bonchev–Trinajstić information content (AvgIpc) is 2.62. The van der Waals surface area contributed by atoms with Crippen molar-refractivity contribution in [3.63, 3.8) is 0 Å². The van der Waals surface area contributed by atoms with Crippen LogP contribution in [0.1, 0.15) is 33.2 Å². The third-order valence-corrected chi connectivity index (χ3v) is 3.70. The molecule has 0 aliphatic rings. The molecule has 6 nitrogen and oxygen atoms in total. The summed E-state index contributed by atoms with van der Waals surface area (Å²) >= 11 is 5.96. The molecule has 26 heavy (non-hydrogen) atoms. The van der Waals surface area contributed by atoms with Crippen molar-refractivity contribution in [2.75, 3.05) is 18.5 Å². The lowest BCUT2D eigenvalue weighted by Gasteiger charge is -2.09. The summed E-state index contributed by atoms with van der Waals surface area (Å²) in [5.41, 5.74) is 1.86. The SMILES string of the molecule is CCOC(=O)c1cc(NC(=O)COC(=O)c2ccc(C)cc2)ccc1Cl. The summed E-state index contributed by atoms with van der Waals surface area (Å²) in [4.78, 5) is 35.7. The molecular formula is C19H18ClNO5. The zero-order chi connectivity index (χ0) is 19.1. The first-order valence-electron chi connectivity index (χ1n) is 7.91. The van der Waals surface area contributed by atoms with Gasteiger partial charge in [0.25, 0.3) is 5.91 Å². The first-order chi connectivity index (χ1) is 12.4. The molecule has 0 aliphatic carbocycles. The summed E-state index contributed by atoms with van der Waals surface area (Å²) in [7, 11) is 0. The minimum absolute atomic E-state index is 0.142. The Balaban J connectivity index is 1.95. The van der Waals surface area contributed by atoms with Gasteiger partial charge >= 0.3 is 11.9 Å². The molecule has 0 bridgehead atoms. The molecule has 0 radical (unpaired) electrons. The fourth-order valence-electron chi connectivity index (χ4n) is 2.07. The number of nitrogens with one attached hydrogen (secondary N) is 1. The number of carbonyl (C=O) groups excluding carboxylic acids is 3. The Morgan fingerprint density at radius 2 is 1.69 bits per heavy atom. The average molecular weight is 376 g/mol. The Morgan fingerprint density at radius 3 is 2.35 bits per heavy atom. The van der Waals surface area contributed by atoms with Crippen LogP contribution in [0.25, 0.3) is 0 Å². The normalized spacial score (nSPS) is 10.1. The lowest BCUT2D eigenvalue weighted by atomic mass is 10.1. The van der Waals surface area contributed by atoms with Gasteiger partial charge in [-0.25, -0.2) is 9.59 Å². The second-order valence-electron chi connectivity index (χ2n) is 5.41. The van der Waals surface area contributed by atoms with Crippen LogP contribution in [0.4, 0.5) is 5.69 Å². The predicted molar refractivity (Wildman–Crippen MR) is 97.5 cm³/mol. The smallest absolute Gasteiger partial charge is 0.339 e. The van der Waals surface area contributed by atoms with Crippen molar-refractivity contribution in [3.05, 3.63) is 64.2 Å². The Bertz CT molecular complexity index is 817. The topological polar surface area (TPSA) is 81.7 Å². The number of anilines is 1. The van der Waals surface area contributed by atoms with E-state index >= 15 is 0 Å². The van der Waals surface area contributed by atoms with Gasteiger partial charge in [0.2, 0.25) is 0 Å². The van der Waals surface area contributed by atoms with Gasteiger partial charge < -0.3 is 14.8 Å². The number of hydrogen-bond donors (Lipinski definition) is 1. The minimum atomic E-state index is -0.594. The molecule has 1 amide bonds. The molecule has 0 saturated carbocycles. The first kappa shape index (κ1) is 19.5. The molecule has 1 N–H and O–H groups in total. The third-order valence-electron chi connectivity index (χ3n) is 3.37. The van der Waals surface area contributed by atoms with Crippen molar-refractivity contribution in [1.29, 1.82) is 0 Å². The number of esters is 2. The highest BCUT2D eigenvalue weighted by Gasteiger charge is 2.14. The molecule has 0 spiro atoms. The fourth-order valence-corrected chi connectivity index (χ4v) is 2.26. The Labute approximate surface area is 156 Å². The highest BCUT2D eigenvalue weighted by atomic mass is 35.5. The van der Waals surface area contributed by atoms with Crippen molar-refractivity contribution < 1.29 is 23.9 Å². The van der Waals surface area contributed by atoms with Crippen LogP contribution in [0, 0.1) is 6.92 Å². The number of aryl methyl sites for hydroxylation is 1. The number of rotatable bonds is 6. The van der Waals surface area contributed by atoms with Gasteiger partial charge in [0.1, 0.15) is 0 Å². The van der Waals surface area contributed by atoms with Crippen LogP contribution in [0.2, 0.25) is 5.02 Å². The first-order valence-corrected chi connectivity index (χ1v) is 8.28. The Kier molecular flexibility index (Phi) is 6.74. The van der Waals surface area contributed by atoms with Gasteiger partial charge in [-0.3, -0.25) is 4.79 Å². The Hall–Kier alpha value is -2.86. The van der Waals surface area contributed by atoms with Crippen LogP contribution in [0.3, 0.4) is 0 Å². The van der Waals surface area contributed by atoms with Crippen molar-refractivity contribution in [2.45, 2.75) is 13.8 Å². The molecule has 7 heteroatoms. The second kappa shape index (κ2) is 9.01. The van der Waals surface area contributed by atoms with Crippen LogP contribution in [-0.4, -0.2) is 31.1 Å². The molecule has 0 unspecified atom stereocenters. The van der Waals surface area contributed by atoms with E-state index < -0.39 is 24.5 Å². The van der Waals surface area contributed by atoms with Crippen LogP contribution in [-0.2, 0) is 14.3 Å². The number of carbonyl (C=O) groups is 3. The lowest BCUT2D eigenvalue weighted by molar-refractivity contribution is -0.119. The maximum absolute atomic E-state index is 12.0. The van der Waals surface area contributed by atoms with E-state index in [2.05, 4.69) is 5.32 Å². The molecule has 0 atom stereocenters. The zero-order valence-corrected chi connectivity index (χ0v) is 15.1. The molecule has 136 valence electrons. The largest absolute Gasteiger partial charge is 0.462 e. The van der Waals surface area contributed by atoms with Crippen molar-refractivity contribution in [1.82, 2.24) is 0 Å². The molecule has 2 rings (SSSR count). The molecule has 2 aromatic carbocycles. The zero-order valence-electron chi connectivity index (χ0n) is 14.4. The number of amides is 1. The fraction of sp³-hybridized carbons (Fsp3) is 0.211. The van der Waals surface area contributed by atoms with Crippen LogP contribution >= 0.6 is 11.6 Å². The number of benzene rings is 2. The van der Waals surface area contributed by atoms with E-state index in [9.17, 15) is 14.4 Å². The van der Waals surface area contributed by atoms with Gasteiger partial charge in [-0.2, -0.15) is 0 Å². The molecule has 0 heterocycles. The maximum atomic E-state index is 12.0. The van der Waals surface area contributed by atoms with E-state index in [4.69, 9.17) is 21.1 Å². The number of ether oxygens (including phenoxy) is 2. The molecule has 0 aliphatic heterocycles. The van der Waals surface area contributed by atoms with Crippen molar-refractivity contribution in [3.8, 4) is 0 Å². The number of halogens is 1. The van der Waals surface area contributed by atoms with Crippen LogP contribution in [0.15, 0.2) is 42.5 Å². The standard InChI is InChI=1S/C19H18ClNO5/c1-3-25-19(24)15-10-14(8-9-16(15)20)21-17(22)11-26-18(23)13-6-4-12(2)5-7-13/h4-10H,3,11H2,1-2H3,(H,21,22). The molecule has 0 aromatic heterocycles. The van der Waals surface area contributed by atoms with Crippen molar-refractivity contribution in [2.24, 2.45) is 0 Å². The van der Waals surface area contributed by atoms with Crippen LogP contribution < -0.4 is 5.32 Å². The summed E-state index contributed by atoms with van der Waals surface area (Å²) in [6.45, 7) is 3.34. The monoisotopic (exact) mass is 375 g/mol. The quantitative estimate of drug-likeness (QED) is 0.780. The molecule has 0 saturated heterocycles. The van der Waals surface area contributed by atoms with E-state index in [1.54, 1.807) is 31.2 Å². The molecule has 2 aromatic rings. The summed E-state index contributed by atoms with van der Waals surface area (Å²) in [5, 5.41) is 2.75. The van der Waals surface area contributed by atoms with E-state index in [0.717, 1.165) is 5.56 Å². The highest BCUT2D eigenvalue weighted by molar-refractivity contribution is 6.33. The second-order valence-corrected chi connectivity index (χ2v) is 5.81. The van der Waals surface area contributed by atoms with Gasteiger partial charge in [-0.05, 0) is 44.2 Å². The highest BCUT2D eigenvalue weighted by Crippen LogP contribution is 2.21. The van der Waals surface area contributed by atoms with Gasteiger partial charge in [-0.15, -0.1) is 0 Å². The van der Waals surface area contributed by atoms with Gasteiger partial charge in [0.05, 0.1) is 22.8 Å². The summed E-state index contributed by atoms with van der Waals surface area (Å²) in [6.07, 6.45) is 0.